The number of carbonyl (C=O) groups excluding carboxylic acids is 6. The fraction of sp³-hybridized carbons (Fsp3) is 0.657. The van der Waals surface area contributed by atoms with E-state index in [0.717, 1.165) is 0 Å². The van der Waals surface area contributed by atoms with Crippen molar-refractivity contribution in [1.82, 2.24) is 31.5 Å². The number of amides is 6. The van der Waals surface area contributed by atoms with Gasteiger partial charge in [-0.1, -0.05) is 80.5 Å². The Balaban J connectivity index is 1.74. The summed E-state index contributed by atoms with van der Waals surface area (Å²) in [5.74, 6) is -2.66. The average molecular weight is 655 g/mol. The van der Waals surface area contributed by atoms with Gasteiger partial charge < -0.3 is 31.5 Å². The molecule has 1 aliphatic heterocycles. The maximum Gasteiger partial charge on any atom is 0.315 e. The smallest absolute Gasteiger partial charge is 0.315 e. The minimum Gasteiger partial charge on any atom is -0.350 e. The molecule has 1 saturated heterocycles. The van der Waals surface area contributed by atoms with Gasteiger partial charge in [0.25, 0.3) is 11.8 Å². The molecule has 3 rings (SSSR count). The van der Waals surface area contributed by atoms with E-state index in [-0.39, 0.29) is 42.0 Å². The number of urea groups is 1. The molecule has 1 aliphatic carbocycles. The molecule has 260 valence electrons. The first kappa shape index (κ1) is 37.5. The van der Waals surface area contributed by atoms with Gasteiger partial charge in [-0.25, -0.2) is 4.79 Å². The molecule has 5 N–H and O–H groups in total. The van der Waals surface area contributed by atoms with E-state index in [1.54, 1.807) is 31.2 Å². The van der Waals surface area contributed by atoms with Gasteiger partial charge in [-0.05, 0) is 53.6 Å². The van der Waals surface area contributed by atoms with Gasteiger partial charge in [0.15, 0.2) is 0 Å². The lowest BCUT2D eigenvalue weighted by Crippen LogP contribution is -2.62. The zero-order chi connectivity index (χ0) is 35.3. The second-order valence-corrected chi connectivity index (χ2v) is 14.8. The van der Waals surface area contributed by atoms with Crippen LogP contribution in [-0.4, -0.2) is 84.1 Å². The molecule has 1 heterocycles. The molecule has 1 aromatic rings. The molecule has 0 radical (unpaired) electrons. The van der Waals surface area contributed by atoms with E-state index in [1.165, 1.54) is 4.90 Å². The van der Waals surface area contributed by atoms with E-state index in [9.17, 15) is 28.8 Å². The summed E-state index contributed by atoms with van der Waals surface area (Å²) in [5, 5.41) is 14.0. The number of hydrogen-bond donors (Lipinski definition) is 5. The van der Waals surface area contributed by atoms with Gasteiger partial charge in [0.1, 0.15) is 12.1 Å². The van der Waals surface area contributed by atoms with Crippen LogP contribution in [0.25, 0.3) is 0 Å². The van der Waals surface area contributed by atoms with Crippen molar-refractivity contribution in [2.24, 2.45) is 28.6 Å². The van der Waals surface area contributed by atoms with Crippen LogP contribution in [0.1, 0.15) is 85.5 Å². The summed E-state index contributed by atoms with van der Waals surface area (Å²) < 4.78 is 0. The van der Waals surface area contributed by atoms with Crippen LogP contribution in [0.2, 0.25) is 0 Å². The summed E-state index contributed by atoms with van der Waals surface area (Å²) in [6.45, 7) is 18.0. The summed E-state index contributed by atoms with van der Waals surface area (Å²) in [4.78, 5) is 80.8. The summed E-state index contributed by atoms with van der Waals surface area (Å²) >= 11 is 0. The van der Waals surface area contributed by atoms with E-state index < -0.39 is 59.1 Å². The maximum absolute atomic E-state index is 14.2. The minimum absolute atomic E-state index is 0.0279. The van der Waals surface area contributed by atoms with Crippen molar-refractivity contribution in [3.8, 4) is 0 Å². The number of likely N-dealkylation sites (tertiary alicyclic amines) is 1. The monoisotopic (exact) mass is 654 g/mol. The lowest BCUT2D eigenvalue weighted by atomic mass is 9.85. The fourth-order valence-electron chi connectivity index (χ4n) is 6.41. The number of carbonyl (C=O) groups is 6. The third-order valence-electron chi connectivity index (χ3n) is 9.59. The number of fused-ring (bicyclic) bond motifs is 1. The number of ketones is 1. The van der Waals surface area contributed by atoms with Crippen molar-refractivity contribution in [3.05, 3.63) is 35.9 Å². The molecule has 2 aliphatic rings. The first-order chi connectivity index (χ1) is 21.9. The van der Waals surface area contributed by atoms with Crippen LogP contribution in [0.5, 0.6) is 0 Å². The summed E-state index contributed by atoms with van der Waals surface area (Å²) in [7, 11) is 0. The van der Waals surface area contributed by atoms with Crippen molar-refractivity contribution in [1.29, 1.82) is 0 Å². The molecule has 1 aromatic carbocycles. The lowest BCUT2D eigenvalue weighted by Gasteiger charge is -2.38. The van der Waals surface area contributed by atoms with E-state index in [0.29, 0.717) is 25.1 Å². The van der Waals surface area contributed by atoms with Crippen LogP contribution >= 0.6 is 0 Å². The highest BCUT2D eigenvalue weighted by Crippen LogP contribution is 2.65. The van der Waals surface area contributed by atoms with Crippen molar-refractivity contribution in [3.63, 3.8) is 0 Å². The average Bonchev–Trinajstić information content (AvgIpc) is 3.33. The van der Waals surface area contributed by atoms with Crippen molar-refractivity contribution >= 4 is 35.4 Å². The Kier molecular flexibility index (Phi) is 12.2. The third kappa shape index (κ3) is 8.90. The highest BCUT2D eigenvalue weighted by molar-refractivity contribution is 6.38. The number of nitrogens with zero attached hydrogens (tertiary/aromatic N) is 1. The number of hydrogen-bond acceptors (Lipinski definition) is 6. The number of Topliss-reactive ketones (excluding diaryl/α,β-unsaturated/α-hetero) is 1. The Bertz CT molecular complexity index is 1320. The number of nitrogens with one attached hydrogen (secondary N) is 5. The molecular weight excluding hydrogens is 600 g/mol. The molecule has 0 aromatic heterocycles. The Morgan fingerprint density at radius 2 is 1.57 bits per heavy atom. The summed E-state index contributed by atoms with van der Waals surface area (Å²) in [6, 6.07) is 4.96. The third-order valence-corrected chi connectivity index (χ3v) is 9.59. The number of rotatable bonds is 14. The molecule has 2 fully saturated rings. The van der Waals surface area contributed by atoms with Crippen LogP contribution in [0.3, 0.4) is 0 Å². The zero-order valence-electron chi connectivity index (χ0n) is 29.4. The molecule has 12 nitrogen and oxygen atoms in total. The Hall–Kier alpha value is -3.96. The molecule has 12 heteroatoms. The maximum atomic E-state index is 14.2. The van der Waals surface area contributed by atoms with Crippen molar-refractivity contribution in [2.75, 3.05) is 19.6 Å². The Morgan fingerprint density at radius 1 is 0.936 bits per heavy atom. The SMILES string of the molecule is CCCNC(=O)C(=O)C(CC)NC(=O)[C@@H]1[C@@H]2[C@H](CN1C(=O)[C@@H](NC(=O)N[C@H](CNC(=O)c1ccccc1)C(C)C)C(C)(C)C)C2(C)C. The highest BCUT2D eigenvalue weighted by atomic mass is 16.2. The van der Waals surface area contributed by atoms with Gasteiger partial charge >= 0.3 is 6.03 Å². The molecule has 6 amide bonds. The number of piperidine rings is 1. The highest BCUT2D eigenvalue weighted by Gasteiger charge is 2.69. The zero-order valence-corrected chi connectivity index (χ0v) is 29.4. The van der Waals surface area contributed by atoms with Crippen LogP contribution in [0, 0.1) is 28.6 Å². The second-order valence-electron chi connectivity index (χ2n) is 14.8. The van der Waals surface area contributed by atoms with E-state index in [2.05, 4.69) is 40.4 Å². The molecule has 47 heavy (non-hydrogen) atoms. The predicted octanol–water partition coefficient (Wildman–Crippen LogP) is 2.63. The van der Waals surface area contributed by atoms with Gasteiger partial charge in [0, 0.05) is 25.2 Å². The van der Waals surface area contributed by atoms with E-state index in [1.807, 2.05) is 47.6 Å². The van der Waals surface area contributed by atoms with Crippen molar-refractivity contribution < 1.29 is 28.8 Å². The molecule has 1 unspecified atom stereocenters. The van der Waals surface area contributed by atoms with Gasteiger partial charge in [-0.3, -0.25) is 24.0 Å². The molecular formula is C35H54N6O6. The topological polar surface area (TPSA) is 166 Å². The minimum atomic E-state index is -1.02. The summed E-state index contributed by atoms with van der Waals surface area (Å²) in [5.41, 5.74) is -0.385. The van der Waals surface area contributed by atoms with Crippen LogP contribution in [0.4, 0.5) is 4.79 Å². The van der Waals surface area contributed by atoms with Crippen LogP contribution < -0.4 is 26.6 Å². The van der Waals surface area contributed by atoms with E-state index in [4.69, 9.17) is 0 Å². The molecule has 0 bridgehead atoms. The normalized spacial score (nSPS) is 21.5. The van der Waals surface area contributed by atoms with Gasteiger partial charge in [0.05, 0.1) is 12.1 Å². The first-order valence-corrected chi connectivity index (χ1v) is 16.8. The summed E-state index contributed by atoms with van der Waals surface area (Å²) in [6.07, 6.45) is 0.890. The van der Waals surface area contributed by atoms with E-state index >= 15 is 0 Å². The predicted molar refractivity (Wildman–Crippen MR) is 179 cm³/mol. The largest absolute Gasteiger partial charge is 0.350 e. The fourth-order valence-corrected chi connectivity index (χ4v) is 6.41. The lowest BCUT2D eigenvalue weighted by molar-refractivity contribution is -0.145. The Labute approximate surface area is 278 Å². The van der Waals surface area contributed by atoms with Gasteiger partial charge in [-0.2, -0.15) is 0 Å². The van der Waals surface area contributed by atoms with Crippen molar-refractivity contribution in [2.45, 2.75) is 99.3 Å². The second kappa shape index (κ2) is 15.3. The number of benzene rings is 1. The van der Waals surface area contributed by atoms with Crippen LogP contribution in [-0.2, 0) is 19.2 Å². The van der Waals surface area contributed by atoms with Gasteiger partial charge in [0.2, 0.25) is 17.6 Å². The van der Waals surface area contributed by atoms with Gasteiger partial charge in [-0.15, -0.1) is 0 Å². The van der Waals surface area contributed by atoms with Crippen LogP contribution in [0.15, 0.2) is 30.3 Å². The quantitative estimate of drug-likeness (QED) is 0.194. The molecule has 0 spiro atoms. The Morgan fingerprint density at radius 3 is 2.13 bits per heavy atom. The first-order valence-electron chi connectivity index (χ1n) is 16.8. The molecule has 6 atom stereocenters. The standard InChI is InChI=1S/C35H54N6O6/c1-10-17-36-31(45)27(42)23(11-2)38-30(44)26-25-22(35(25,8)9)19-41(26)32(46)28(34(5,6)7)40-33(47)39-24(20(3)4)18-37-29(43)21-15-13-12-14-16-21/h12-16,20,22-26,28H,10-11,17-19H2,1-9H3,(H,36,45)(H,37,43)(H,38,44)(H2,39,40,47)/t22-,23?,24+,25-,26-,28+/m0/s1. The molecule has 1 saturated carbocycles.